The molecule has 0 spiro atoms. The molecule has 27 heavy (non-hydrogen) atoms. The lowest BCUT2D eigenvalue weighted by Gasteiger charge is -2.34. The minimum Gasteiger partial charge on any atom is -0.454 e. The van der Waals surface area contributed by atoms with E-state index >= 15 is 0 Å². The Balaban J connectivity index is 1.28. The number of rotatable bonds is 5. The number of thiophene rings is 1. The predicted octanol–water partition coefficient (Wildman–Crippen LogP) is 2.57. The van der Waals surface area contributed by atoms with Crippen LogP contribution in [-0.2, 0) is 17.8 Å². The van der Waals surface area contributed by atoms with Crippen molar-refractivity contribution in [2.45, 2.75) is 19.9 Å². The first kappa shape index (κ1) is 18.0. The molecule has 1 aromatic heterocycles. The highest BCUT2D eigenvalue weighted by molar-refractivity contribution is 7.12. The van der Waals surface area contributed by atoms with Crippen LogP contribution in [0.5, 0.6) is 11.5 Å². The van der Waals surface area contributed by atoms with Crippen LogP contribution in [0.2, 0.25) is 0 Å². The maximum atomic E-state index is 12.5. The summed E-state index contributed by atoms with van der Waals surface area (Å²) in [6.45, 7) is 5.84. The van der Waals surface area contributed by atoms with Gasteiger partial charge in [0, 0.05) is 32.7 Å². The number of ketones is 1. The van der Waals surface area contributed by atoms with Gasteiger partial charge in [-0.2, -0.15) is 0 Å². The Morgan fingerprint density at radius 1 is 1.04 bits per heavy atom. The van der Waals surface area contributed by atoms with Crippen molar-refractivity contribution >= 4 is 23.0 Å². The average molecular weight is 386 g/mol. The van der Waals surface area contributed by atoms with Gasteiger partial charge in [0.15, 0.2) is 17.3 Å². The van der Waals surface area contributed by atoms with Gasteiger partial charge in [-0.3, -0.25) is 14.5 Å². The maximum absolute atomic E-state index is 12.5. The van der Waals surface area contributed by atoms with E-state index in [1.807, 2.05) is 28.5 Å². The van der Waals surface area contributed by atoms with Crippen LogP contribution in [0, 0.1) is 0 Å². The van der Waals surface area contributed by atoms with Crippen LogP contribution in [-0.4, -0.2) is 54.5 Å². The Labute approximate surface area is 162 Å². The van der Waals surface area contributed by atoms with E-state index in [1.54, 1.807) is 6.92 Å². The van der Waals surface area contributed by atoms with Crippen molar-refractivity contribution in [2.75, 3.05) is 33.0 Å². The minimum absolute atomic E-state index is 0.0517. The highest BCUT2D eigenvalue weighted by Crippen LogP contribution is 2.32. The lowest BCUT2D eigenvalue weighted by Crippen LogP contribution is -2.48. The summed E-state index contributed by atoms with van der Waals surface area (Å²) in [5, 5.41) is 1.91. The second-order valence-corrected chi connectivity index (χ2v) is 7.81. The molecule has 0 bridgehead atoms. The standard InChI is InChI=1S/C20H22N2O4S/c1-14(23)19-9-16(12-27-19)10-20(24)22-6-4-21(5-7-22)11-15-2-3-17-18(8-15)26-13-25-17/h2-3,8-9,12H,4-7,10-11,13H2,1H3. The Kier molecular flexibility index (Phi) is 5.13. The number of ether oxygens (including phenoxy) is 2. The smallest absolute Gasteiger partial charge is 0.231 e. The molecule has 1 aromatic carbocycles. The van der Waals surface area contributed by atoms with Crippen LogP contribution in [0.25, 0.3) is 0 Å². The van der Waals surface area contributed by atoms with Crippen molar-refractivity contribution in [1.82, 2.24) is 9.80 Å². The maximum Gasteiger partial charge on any atom is 0.231 e. The third kappa shape index (κ3) is 4.14. The normalized spacial score (nSPS) is 16.6. The van der Waals surface area contributed by atoms with Crippen LogP contribution in [0.3, 0.4) is 0 Å². The monoisotopic (exact) mass is 386 g/mol. The van der Waals surface area contributed by atoms with Crippen molar-refractivity contribution in [1.29, 1.82) is 0 Å². The molecule has 2 aliphatic heterocycles. The molecule has 142 valence electrons. The van der Waals surface area contributed by atoms with E-state index in [0.29, 0.717) is 11.3 Å². The van der Waals surface area contributed by atoms with Crippen LogP contribution in [0.1, 0.15) is 27.7 Å². The number of amides is 1. The van der Waals surface area contributed by atoms with Crippen molar-refractivity contribution < 1.29 is 19.1 Å². The molecule has 0 radical (unpaired) electrons. The highest BCUT2D eigenvalue weighted by Gasteiger charge is 2.22. The number of Topliss-reactive ketones (excluding diaryl/α,β-unsaturated/α-hetero) is 1. The summed E-state index contributed by atoms with van der Waals surface area (Å²) in [5.41, 5.74) is 2.12. The molecule has 7 heteroatoms. The van der Waals surface area contributed by atoms with Crippen LogP contribution < -0.4 is 9.47 Å². The molecule has 0 saturated carbocycles. The Morgan fingerprint density at radius 2 is 1.81 bits per heavy atom. The SMILES string of the molecule is CC(=O)c1cc(CC(=O)N2CCN(Cc3ccc4c(c3)OCO4)CC2)cs1. The zero-order valence-electron chi connectivity index (χ0n) is 15.3. The van der Waals surface area contributed by atoms with Crippen molar-refractivity contribution in [3.8, 4) is 11.5 Å². The van der Waals surface area contributed by atoms with Gasteiger partial charge in [-0.05, 0) is 41.6 Å². The van der Waals surface area contributed by atoms with Crippen molar-refractivity contribution in [3.63, 3.8) is 0 Å². The summed E-state index contributed by atoms with van der Waals surface area (Å²) in [4.78, 5) is 28.9. The highest BCUT2D eigenvalue weighted by atomic mass is 32.1. The second-order valence-electron chi connectivity index (χ2n) is 6.90. The van der Waals surface area contributed by atoms with Crippen LogP contribution >= 0.6 is 11.3 Å². The van der Waals surface area contributed by atoms with Crippen LogP contribution in [0.4, 0.5) is 0 Å². The number of piperazine rings is 1. The molecule has 6 nitrogen and oxygen atoms in total. The molecule has 0 atom stereocenters. The summed E-state index contributed by atoms with van der Waals surface area (Å²) in [5.74, 6) is 1.79. The number of fused-ring (bicyclic) bond motifs is 1. The van der Waals surface area contributed by atoms with Gasteiger partial charge in [0.2, 0.25) is 12.7 Å². The number of carbonyl (C=O) groups is 2. The third-order valence-electron chi connectivity index (χ3n) is 4.92. The fourth-order valence-electron chi connectivity index (χ4n) is 3.39. The zero-order chi connectivity index (χ0) is 18.8. The summed E-state index contributed by atoms with van der Waals surface area (Å²) >= 11 is 1.41. The fourth-order valence-corrected chi connectivity index (χ4v) is 4.21. The van der Waals surface area contributed by atoms with Gasteiger partial charge in [-0.1, -0.05) is 6.07 Å². The topological polar surface area (TPSA) is 59.1 Å². The van der Waals surface area contributed by atoms with Gasteiger partial charge in [0.25, 0.3) is 0 Å². The quantitative estimate of drug-likeness (QED) is 0.739. The molecule has 0 aliphatic carbocycles. The molecule has 4 rings (SSSR count). The molecular formula is C20H22N2O4S. The summed E-state index contributed by atoms with van der Waals surface area (Å²) in [7, 11) is 0. The van der Waals surface area contributed by atoms with E-state index in [0.717, 1.165) is 49.8 Å². The lowest BCUT2D eigenvalue weighted by atomic mass is 10.1. The van der Waals surface area contributed by atoms with Gasteiger partial charge in [-0.15, -0.1) is 11.3 Å². The number of carbonyl (C=O) groups excluding carboxylic acids is 2. The first-order valence-electron chi connectivity index (χ1n) is 9.05. The number of nitrogens with zero attached hydrogens (tertiary/aromatic N) is 2. The summed E-state index contributed by atoms with van der Waals surface area (Å²) in [6, 6.07) is 7.88. The average Bonchev–Trinajstić information content (AvgIpc) is 3.31. The number of hydrogen-bond donors (Lipinski definition) is 0. The molecule has 0 unspecified atom stereocenters. The second kappa shape index (κ2) is 7.70. The van der Waals surface area contributed by atoms with E-state index in [1.165, 1.54) is 16.9 Å². The predicted molar refractivity (Wildman–Crippen MR) is 102 cm³/mol. The van der Waals surface area contributed by atoms with E-state index in [9.17, 15) is 9.59 Å². The van der Waals surface area contributed by atoms with E-state index in [2.05, 4.69) is 11.0 Å². The Morgan fingerprint density at radius 3 is 2.56 bits per heavy atom. The first-order chi connectivity index (χ1) is 13.1. The minimum atomic E-state index is 0.0517. The molecular weight excluding hydrogens is 364 g/mol. The third-order valence-corrected chi connectivity index (χ3v) is 6.00. The van der Waals surface area contributed by atoms with Gasteiger partial charge in [0.05, 0.1) is 11.3 Å². The van der Waals surface area contributed by atoms with Crippen LogP contribution in [0.15, 0.2) is 29.6 Å². The molecule has 3 heterocycles. The zero-order valence-corrected chi connectivity index (χ0v) is 16.1. The number of benzene rings is 1. The largest absolute Gasteiger partial charge is 0.454 e. The molecule has 1 saturated heterocycles. The molecule has 2 aromatic rings. The van der Waals surface area contributed by atoms with E-state index in [-0.39, 0.29) is 18.5 Å². The summed E-state index contributed by atoms with van der Waals surface area (Å²) < 4.78 is 10.8. The van der Waals surface area contributed by atoms with Crippen molar-refractivity contribution in [2.24, 2.45) is 0 Å². The lowest BCUT2D eigenvalue weighted by molar-refractivity contribution is -0.132. The Hall–Kier alpha value is -2.38. The van der Waals surface area contributed by atoms with Gasteiger partial charge in [-0.25, -0.2) is 0 Å². The number of hydrogen-bond acceptors (Lipinski definition) is 6. The van der Waals surface area contributed by atoms with E-state index in [4.69, 9.17) is 9.47 Å². The van der Waals surface area contributed by atoms with Gasteiger partial charge in [0.1, 0.15) is 0 Å². The molecule has 0 N–H and O–H groups in total. The first-order valence-corrected chi connectivity index (χ1v) is 9.93. The molecule has 1 fully saturated rings. The molecule has 2 aliphatic rings. The summed E-state index contributed by atoms with van der Waals surface area (Å²) in [6.07, 6.45) is 0.367. The van der Waals surface area contributed by atoms with Gasteiger partial charge < -0.3 is 14.4 Å². The van der Waals surface area contributed by atoms with Crippen molar-refractivity contribution in [3.05, 3.63) is 45.6 Å². The fraction of sp³-hybridized carbons (Fsp3) is 0.400. The molecule has 1 amide bonds. The van der Waals surface area contributed by atoms with Gasteiger partial charge >= 0.3 is 0 Å². The van der Waals surface area contributed by atoms with E-state index < -0.39 is 0 Å². The Bertz CT molecular complexity index is 855.